The van der Waals surface area contributed by atoms with Gasteiger partial charge in [0.25, 0.3) is 0 Å². The molecule has 10 fully saturated rings. The first-order valence-corrected chi connectivity index (χ1v) is 61.5. The van der Waals surface area contributed by atoms with Crippen molar-refractivity contribution in [2.75, 3.05) is 90.9 Å². The molecule has 10 saturated carbocycles. The van der Waals surface area contributed by atoms with Crippen molar-refractivity contribution in [1.82, 2.24) is 0 Å². The zero-order valence-electron chi connectivity index (χ0n) is 97.8. The van der Waals surface area contributed by atoms with Crippen molar-refractivity contribution in [3.63, 3.8) is 0 Å². The molecule has 0 unspecified atom stereocenters. The summed E-state index contributed by atoms with van der Waals surface area (Å²) < 4.78 is 49.0. The van der Waals surface area contributed by atoms with Gasteiger partial charge in [-0.05, 0) is 295 Å². The van der Waals surface area contributed by atoms with Gasteiger partial charge in [-0.25, -0.2) is 0 Å². The van der Waals surface area contributed by atoms with Crippen LogP contribution in [0.15, 0.2) is 0 Å². The Bertz CT molecular complexity index is 2860. The number of rotatable bonds is 49. The highest BCUT2D eigenvalue weighted by Crippen LogP contribution is 2.41. The summed E-state index contributed by atoms with van der Waals surface area (Å²) in [5.41, 5.74) is 0. The maximum absolute atomic E-state index is 11.4. The van der Waals surface area contributed by atoms with Crippen molar-refractivity contribution < 1.29 is 80.9 Å². The van der Waals surface area contributed by atoms with Crippen molar-refractivity contribution in [3.8, 4) is 0 Å². The van der Waals surface area contributed by atoms with Gasteiger partial charge in [-0.15, -0.1) is 0 Å². The molecule has 10 rings (SSSR count). The largest absolute Gasteiger partial charge is 0.469 e. The molecule has 0 saturated heterocycles. The van der Waals surface area contributed by atoms with Gasteiger partial charge in [0.05, 0.1) is 91.2 Å². The molecule has 0 atom stereocenters. The minimum absolute atomic E-state index is 0.000980. The molecule has 17 heteroatoms. The Hall–Kier alpha value is -3.83. The van der Waals surface area contributed by atoms with E-state index >= 15 is 0 Å². The lowest BCUT2D eigenvalue weighted by Gasteiger charge is -2.28. The van der Waals surface area contributed by atoms with E-state index < -0.39 is 0 Å². The maximum Gasteiger partial charge on any atom is 0.308 e. The summed E-state index contributed by atoms with van der Waals surface area (Å²) >= 11 is 0. The Morgan fingerprint density at radius 2 is 0.308 bits per heavy atom. The van der Waals surface area contributed by atoms with Crippen LogP contribution in [0.3, 0.4) is 0 Å². The zero-order chi connectivity index (χ0) is 106. The Labute approximate surface area is 884 Å². The molecule has 0 aromatic heterocycles. The Morgan fingerprint density at radius 1 is 0.161 bits per heavy atom. The number of hydrogen-bond acceptors (Lipinski definition) is 17. The summed E-state index contributed by atoms with van der Waals surface area (Å²) in [6.45, 7) is 25.5. The van der Waals surface area contributed by atoms with Gasteiger partial charge < -0.3 is 47.4 Å². The number of unbranched alkanes of at least 4 members (excludes halogenated alkanes) is 19. The normalized spacial score (nSPS) is 27.1. The third-order valence-electron chi connectivity index (χ3n) is 35.0. The minimum Gasteiger partial charge on any atom is -0.469 e. The average molecular weight is 2030 g/mol. The standard InChI is InChI=1S/C15H28O2.C15H30O.C14H26O2.C14H28O.C13H24O2.C13H26O.C12H22O2.C11H20O2.C10H18O2.C9H16O2/c1-3-4-5-6-7-8-13-9-11-14(12-10-13)15(16)17-2;1-3-4-5-6-7-8-14-9-11-15(12-10-14)13-16-2;1-3-4-5-6-7-12-8-10-13(11-9-12)14(15)16-2;1-3-4-5-6-7-13-8-10-14(11-9-13)12-15-2;1-3-4-5-6-11-7-9-12(10-8-11)13(14)15-2;1-3-4-5-6-12-7-9-13(10-8-12)11-14-2;1-3-4-5-10-6-8-11(9-7-10)12(13)14-2;1-3-4-9-5-7-10(8-6-9)11(12)13-2;1-3-8-4-6-9(7-5-8)10(11)12-2;1-7-3-5-8(6-4-7)9(10)11-2/h13-14H,3-12H2,1-2H3;14-15H,3-13H2,1-2H3;12-13H,3-11H2,1-2H3;13-14H,3-12H2,1-2H3;11-12H,3-10H2,1-2H3;12-13H,3-11H2,1-2H3;10-11H,3-9H2,1-2H3;9-10H,3-8H2,1-2H3;8-9H,3-7H2,1-2H3;7-8H,3-6H2,1-2H3. The predicted octanol–water partition coefficient (Wildman–Crippen LogP) is 35.3. The maximum atomic E-state index is 11.4. The molecule has 10 aliphatic carbocycles. The van der Waals surface area contributed by atoms with E-state index in [2.05, 4.69) is 74.0 Å². The lowest BCUT2D eigenvalue weighted by molar-refractivity contribution is -0.147. The second-order valence-corrected chi connectivity index (χ2v) is 46.4. The Kier molecular flexibility index (Phi) is 90.3. The van der Waals surface area contributed by atoms with E-state index in [4.69, 9.17) is 42.6 Å². The molecule has 10 aliphatic rings. The van der Waals surface area contributed by atoms with Crippen LogP contribution >= 0.6 is 0 Å². The van der Waals surface area contributed by atoms with Crippen LogP contribution in [0.25, 0.3) is 0 Å². The van der Waals surface area contributed by atoms with E-state index in [1.54, 1.807) is 0 Å². The Morgan fingerprint density at radius 3 is 0.490 bits per heavy atom. The highest BCUT2D eigenvalue weighted by Gasteiger charge is 2.34. The smallest absolute Gasteiger partial charge is 0.308 e. The molecule has 0 bridgehead atoms. The first-order chi connectivity index (χ1) is 69.5. The number of carbonyl (C=O) groups is 7. The molecule has 143 heavy (non-hydrogen) atoms. The van der Waals surface area contributed by atoms with Crippen molar-refractivity contribution >= 4 is 41.8 Å². The van der Waals surface area contributed by atoms with Crippen LogP contribution in [0.2, 0.25) is 0 Å². The number of hydrogen-bond donors (Lipinski definition) is 0. The molecule has 17 nitrogen and oxygen atoms in total. The van der Waals surface area contributed by atoms with Gasteiger partial charge in [0.15, 0.2) is 0 Å². The molecule has 844 valence electrons. The molecular formula is C126H238O17. The van der Waals surface area contributed by atoms with Crippen molar-refractivity contribution in [3.05, 3.63) is 0 Å². The molecule has 0 amide bonds. The minimum atomic E-state index is -0.0168. The van der Waals surface area contributed by atoms with Crippen molar-refractivity contribution in [2.45, 2.75) is 557 Å². The van der Waals surface area contributed by atoms with E-state index in [1.807, 2.05) is 21.3 Å². The Balaban J connectivity index is 0.000000796. The second kappa shape index (κ2) is 94.2. The summed E-state index contributed by atoms with van der Waals surface area (Å²) in [6.07, 6.45) is 98.7. The quantitative estimate of drug-likeness (QED) is 0.0315. The van der Waals surface area contributed by atoms with E-state index in [0.717, 1.165) is 187 Å². The van der Waals surface area contributed by atoms with Crippen LogP contribution in [-0.4, -0.2) is 133 Å². The summed E-state index contributed by atoms with van der Waals surface area (Å²) in [5.74, 6) is 13.0. The summed E-state index contributed by atoms with van der Waals surface area (Å²) in [4.78, 5) is 78.7. The summed E-state index contributed by atoms with van der Waals surface area (Å²) in [6, 6.07) is 0. The van der Waals surface area contributed by atoms with Gasteiger partial charge in [0.1, 0.15) is 0 Å². The fourth-order valence-corrected chi connectivity index (χ4v) is 24.7. The van der Waals surface area contributed by atoms with Crippen LogP contribution in [0, 0.1) is 118 Å². The fourth-order valence-electron chi connectivity index (χ4n) is 24.7. The molecule has 0 heterocycles. The highest BCUT2D eigenvalue weighted by atomic mass is 16.5. The van der Waals surface area contributed by atoms with E-state index in [9.17, 15) is 33.6 Å². The SMILES string of the molecule is CCC1CCC(C(=O)OC)CC1.CCCC1CCC(C(=O)OC)CC1.CCCCC1CCC(C(=O)OC)CC1.CCCCCC1CCC(C(=O)OC)CC1.CCCCCC1CCC(COC)CC1.CCCCCCC1CCC(C(=O)OC)CC1.CCCCCCC1CCC(COC)CC1.CCCCCCCC1CCC(C(=O)OC)CC1.CCCCCCCC1CCC(COC)CC1.COC(=O)C1CCC(C)CC1. The zero-order valence-corrected chi connectivity index (χ0v) is 97.8. The topological polar surface area (TPSA) is 212 Å². The number of esters is 7. The number of methoxy groups -OCH3 is 10. The summed E-state index contributed by atoms with van der Waals surface area (Å²) in [5, 5.41) is 0. The number of ether oxygens (including phenoxy) is 10. The van der Waals surface area contributed by atoms with E-state index in [-0.39, 0.29) is 83.2 Å². The third-order valence-corrected chi connectivity index (χ3v) is 35.0. The van der Waals surface area contributed by atoms with E-state index in [0.29, 0.717) is 0 Å². The van der Waals surface area contributed by atoms with E-state index in [1.165, 1.54) is 448 Å². The van der Waals surface area contributed by atoms with Crippen LogP contribution in [0.4, 0.5) is 0 Å². The lowest BCUT2D eigenvalue weighted by Crippen LogP contribution is -2.22. The molecule has 0 aromatic carbocycles. The van der Waals surface area contributed by atoms with Gasteiger partial charge in [-0.3, -0.25) is 33.6 Å². The third kappa shape index (κ3) is 69.4. The summed E-state index contributed by atoms with van der Waals surface area (Å²) in [7, 11) is 15.9. The number of carbonyl (C=O) groups excluding carboxylic acids is 7. The van der Waals surface area contributed by atoms with Gasteiger partial charge in [-0.2, -0.15) is 0 Å². The van der Waals surface area contributed by atoms with Crippen LogP contribution in [0.5, 0.6) is 0 Å². The second-order valence-electron chi connectivity index (χ2n) is 46.4. The molecule has 0 N–H and O–H groups in total. The van der Waals surface area contributed by atoms with Gasteiger partial charge in [0, 0.05) is 41.2 Å². The lowest BCUT2D eigenvalue weighted by atomic mass is 9.80. The molecule has 0 aliphatic heterocycles. The van der Waals surface area contributed by atoms with Crippen LogP contribution in [0.1, 0.15) is 557 Å². The average Bonchev–Trinajstić information content (AvgIpc) is 0.891. The van der Waals surface area contributed by atoms with Gasteiger partial charge in [0.2, 0.25) is 0 Å². The van der Waals surface area contributed by atoms with Gasteiger partial charge in [-0.1, -0.05) is 339 Å². The van der Waals surface area contributed by atoms with Crippen molar-refractivity contribution in [2.24, 2.45) is 118 Å². The molecule has 0 radical (unpaired) electrons. The fraction of sp³-hybridized carbons (Fsp3) is 0.944. The molecule has 0 spiro atoms. The first-order valence-electron chi connectivity index (χ1n) is 61.5. The first kappa shape index (κ1) is 137. The predicted molar refractivity (Wildman–Crippen MR) is 597 cm³/mol. The highest BCUT2D eigenvalue weighted by molar-refractivity contribution is 5.74. The van der Waals surface area contributed by atoms with Crippen LogP contribution < -0.4 is 0 Å². The van der Waals surface area contributed by atoms with Crippen molar-refractivity contribution in [1.29, 1.82) is 0 Å². The van der Waals surface area contributed by atoms with Gasteiger partial charge >= 0.3 is 41.8 Å². The van der Waals surface area contributed by atoms with Crippen LogP contribution in [-0.2, 0) is 80.9 Å². The molecular weight excluding hydrogens is 1790 g/mol. The molecule has 0 aromatic rings. The monoisotopic (exact) mass is 2020 g/mol.